The van der Waals surface area contributed by atoms with Gasteiger partial charge in [-0.3, -0.25) is 0 Å². The van der Waals surface area contributed by atoms with Gasteiger partial charge < -0.3 is 9.84 Å². The molecule has 2 heteroatoms. The van der Waals surface area contributed by atoms with Crippen LogP contribution in [0, 0.1) is 5.92 Å². The molecule has 86 valence electrons. The number of ether oxygens (including phenoxy) is 1. The van der Waals surface area contributed by atoms with E-state index in [0.29, 0.717) is 12.3 Å². The largest absolute Gasteiger partial charge is 0.390 e. The van der Waals surface area contributed by atoms with E-state index in [-0.39, 0.29) is 18.3 Å². The summed E-state index contributed by atoms with van der Waals surface area (Å²) in [6.45, 7) is 9.54. The van der Waals surface area contributed by atoms with Crippen molar-refractivity contribution < 1.29 is 9.84 Å². The second-order valence-corrected chi connectivity index (χ2v) is 4.38. The predicted octanol–water partition coefficient (Wildman–Crippen LogP) is 2.68. The summed E-state index contributed by atoms with van der Waals surface area (Å²) in [5.41, 5.74) is 0. The van der Waals surface area contributed by atoms with Gasteiger partial charge in [0.05, 0.1) is 18.3 Å². The molecule has 0 aliphatic carbocycles. The molecule has 0 aromatic carbocycles. The van der Waals surface area contributed by atoms with Crippen molar-refractivity contribution in [1.82, 2.24) is 0 Å². The molecule has 0 radical (unpaired) electrons. The van der Waals surface area contributed by atoms with Crippen molar-refractivity contribution in [3.05, 3.63) is 25.3 Å². The van der Waals surface area contributed by atoms with Crippen LogP contribution in [0.25, 0.3) is 0 Å². The van der Waals surface area contributed by atoms with Gasteiger partial charge in [-0.15, -0.1) is 13.2 Å². The number of hydrogen-bond donors (Lipinski definition) is 1. The Morgan fingerprint density at radius 3 is 2.47 bits per heavy atom. The number of hydrogen-bond acceptors (Lipinski definition) is 2. The molecular weight excluding hydrogens is 188 g/mol. The van der Waals surface area contributed by atoms with Gasteiger partial charge >= 0.3 is 0 Å². The Morgan fingerprint density at radius 1 is 1.27 bits per heavy atom. The highest BCUT2D eigenvalue weighted by atomic mass is 16.5. The van der Waals surface area contributed by atoms with E-state index in [4.69, 9.17) is 4.74 Å². The third-order valence-electron chi connectivity index (χ3n) is 3.10. The summed E-state index contributed by atoms with van der Waals surface area (Å²) in [5, 5.41) is 9.76. The van der Waals surface area contributed by atoms with Gasteiger partial charge in [-0.2, -0.15) is 0 Å². The average Bonchev–Trinajstić information content (AvgIpc) is 2.67. The second-order valence-electron chi connectivity index (χ2n) is 4.38. The van der Waals surface area contributed by atoms with Crippen LogP contribution >= 0.6 is 0 Å². The third-order valence-corrected chi connectivity index (χ3v) is 3.10. The smallest absolute Gasteiger partial charge is 0.0841 e. The molecule has 4 atom stereocenters. The summed E-state index contributed by atoms with van der Waals surface area (Å²) in [6, 6.07) is 0. The molecule has 1 aliphatic rings. The maximum Gasteiger partial charge on any atom is 0.0841 e. The number of aliphatic hydroxyl groups excluding tert-OH is 1. The van der Waals surface area contributed by atoms with Crippen molar-refractivity contribution in [2.45, 2.75) is 50.9 Å². The molecule has 2 nitrogen and oxygen atoms in total. The summed E-state index contributed by atoms with van der Waals surface area (Å²) < 4.78 is 5.84. The Morgan fingerprint density at radius 2 is 1.87 bits per heavy atom. The fourth-order valence-electron chi connectivity index (χ4n) is 2.13. The molecule has 0 spiro atoms. The van der Waals surface area contributed by atoms with Crippen LogP contribution in [0.2, 0.25) is 0 Å². The van der Waals surface area contributed by atoms with Gasteiger partial charge in [-0.05, 0) is 31.6 Å². The van der Waals surface area contributed by atoms with Crippen LogP contribution in [-0.2, 0) is 4.74 Å². The standard InChI is InChI=1S/C13H22O2/c1-4-6-10(3)12-8-9-13(15-12)11(14)7-5-2/h4-5,10-14H,1-2,6-9H2,3H3/t10-,11-,12+,13-/m0/s1. The quantitative estimate of drug-likeness (QED) is 0.683. The van der Waals surface area contributed by atoms with Gasteiger partial charge in [0, 0.05) is 0 Å². The minimum atomic E-state index is -0.386. The number of aliphatic hydroxyl groups is 1. The maximum atomic E-state index is 9.76. The van der Waals surface area contributed by atoms with Crippen molar-refractivity contribution >= 4 is 0 Å². The van der Waals surface area contributed by atoms with E-state index in [1.807, 2.05) is 6.08 Å². The highest BCUT2D eigenvalue weighted by Crippen LogP contribution is 2.29. The van der Waals surface area contributed by atoms with E-state index >= 15 is 0 Å². The molecule has 0 amide bonds. The van der Waals surface area contributed by atoms with Crippen molar-refractivity contribution in [3.8, 4) is 0 Å². The first kappa shape index (κ1) is 12.5. The number of rotatable bonds is 6. The van der Waals surface area contributed by atoms with Crippen LogP contribution in [0.1, 0.15) is 32.6 Å². The molecule has 1 saturated heterocycles. The lowest BCUT2D eigenvalue weighted by atomic mass is 9.98. The van der Waals surface area contributed by atoms with Gasteiger partial charge in [-0.1, -0.05) is 19.1 Å². The second kappa shape index (κ2) is 6.09. The Balaban J connectivity index is 2.37. The van der Waals surface area contributed by atoms with Crippen LogP contribution in [0.5, 0.6) is 0 Å². The Kier molecular flexibility index (Phi) is 5.06. The molecular formula is C13H22O2. The first-order valence-corrected chi connectivity index (χ1v) is 5.74. The molecule has 0 aromatic rings. The molecule has 0 bridgehead atoms. The predicted molar refractivity (Wildman–Crippen MR) is 62.7 cm³/mol. The molecule has 1 N–H and O–H groups in total. The molecule has 0 saturated carbocycles. The third kappa shape index (κ3) is 3.47. The zero-order valence-corrected chi connectivity index (χ0v) is 9.56. The fourth-order valence-corrected chi connectivity index (χ4v) is 2.13. The highest BCUT2D eigenvalue weighted by molar-refractivity contribution is 4.86. The van der Waals surface area contributed by atoms with E-state index in [2.05, 4.69) is 20.1 Å². The van der Waals surface area contributed by atoms with Crippen molar-refractivity contribution in [1.29, 1.82) is 0 Å². The lowest BCUT2D eigenvalue weighted by Crippen LogP contribution is -2.27. The van der Waals surface area contributed by atoms with Gasteiger partial charge in [0.1, 0.15) is 0 Å². The van der Waals surface area contributed by atoms with Crippen LogP contribution in [-0.4, -0.2) is 23.4 Å². The lowest BCUT2D eigenvalue weighted by molar-refractivity contribution is -0.0476. The first-order valence-electron chi connectivity index (χ1n) is 5.74. The van der Waals surface area contributed by atoms with Gasteiger partial charge in [0.25, 0.3) is 0 Å². The Hall–Kier alpha value is -0.600. The minimum absolute atomic E-state index is 0.000246. The van der Waals surface area contributed by atoms with Crippen molar-refractivity contribution in [2.24, 2.45) is 5.92 Å². The highest BCUT2D eigenvalue weighted by Gasteiger charge is 2.32. The zero-order chi connectivity index (χ0) is 11.3. The lowest BCUT2D eigenvalue weighted by Gasteiger charge is -2.21. The normalized spacial score (nSPS) is 29.7. The van der Waals surface area contributed by atoms with Gasteiger partial charge in [0.15, 0.2) is 0 Å². The minimum Gasteiger partial charge on any atom is -0.390 e. The van der Waals surface area contributed by atoms with Crippen LogP contribution < -0.4 is 0 Å². The van der Waals surface area contributed by atoms with Crippen molar-refractivity contribution in [2.75, 3.05) is 0 Å². The maximum absolute atomic E-state index is 9.76. The SMILES string of the molecule is C=CC[C@H](C)[C@H]1CC[C@@H]([C@@H](O)CC=C)O1. The molecule has 15 heavy (non-hydrogen) atoms. The average molecular weight is 210 g/mol. The van der Waals surface area contributed by atoms with Gasteiger partial charge in [0.2, 0.25) is 0 Å². The summed E-state index contributed by atoms with van der Waals surface area (Å²) in [6.07, 6.45) is 7.18. The Labute approximate surface area is 92.6 Å². The van der Waals surface area contributed by atoms with Gasteiger partial charge in [-0.25, -0.2) is 0 Å². The Bertz CT molecular complexity index is 191. The first-order chi connectivity index (χ1) is 7.19. The number of allylic oxidation sites excluding steroid dienone is 1. The molecule has 1 aliphatic heterocycles. The van der Waals surface area contributed by atoms with E-state index in [9.17, 15) is 5.11 Å². The zero-order valence-electron chi connectivity index (χ0n) is 9.56. The monoisotopic (exact) mass is 210 g/mol. The van der Waals surface area contributed by atoms with E-state index < -0.39 is 0 Å². The van der Waals surface area contributed by atoms with E-state index in [0.717, 1.165) is 19.3 Å². The molecule has 0 aromatic heterocycles. The molecule has 1 fully saturated rings. The van der Waals surface area contributed by atoms with Crippen LogP contribution in [0.15, 0.2) is 25.3 Å². The topological polar surface area (TPSA) is 29.5 Å². The van der Waals surface area contributed by atoms with E-state index in [1.54, 1.807) is 6.08 Å². The van der Waals surface area contributed by atoms with Crippen LogP contribution in [0.4, 0.5) is 0 Å². The molecule has 1 heterocycles. The summed E-state index contributed by atoms with van der Waals surface area (Å²) in [4.78, 5) is 0. The summed E-state index contributed by atoms with van der Waals surface area (Å²) in [5.74, 6) is 0.503. The molecule has 1 rings (SSSR count). The van der Waals surface area contributed by atoms with E-state index in [1.165, 1.54) is 0 Å². The summed E-state index contributed by atoms with van der Waals surface area (Å²) >= 11 is 0. The summed E-state index contributed by atoms with van der Waals surface area (Å²) in [7, 11) is 0. The molecule has 0 unspecified atom stereocenters. The van der Waals surface area contributed by atoms with Crippen LogP contribution in [0.3, 0.4) is 0 Å². The van der Waals surface area contributed by atoms with Crippen molar-refractivity contribution in [3.63, 3.8) is 0 Å². The fraction of sp³-hybridized carbons (Fsp3) is 0.692.